The largest absolute Gasteiger partial charge is 0.494 e. The van der Waals surface area contributed by atoms with Crippen molar-refractivity contribution in [3.63, 3.8) is 0 Å². The fraction of sp³-hybridized carbons (Fsp3) is 0.286. The van der Waals surface area contributed by atoms with Gasteiger partial charge in [0.15, 0.2) is 0 Å². The molecule has 2 aromatic heterocycles. The van der Waals surface area contributed by atoms with Gasteiger partial charge >= 0.3 is 0 Å². The molecular formula is C14H14ClN3OS. The quantitative estimate of drug-likeness (QED) is 0.691. The van der Waals surface area contributed by atoms with Gasteiger partial charge in [0.25, 0.3) is 0 Å². The molecule has 104 valence electrons. The third-order valence-corrected chi connectivity index (χ3v) is 4.26. The standard InChI is InChI=1S/C14H14ClN3OS/c1-9-7-16-13(20-9)8-18-10-4-3-5-11(19-2)14(10)17-12(18)6-15/h3-5,7H,6,8H2,1-2H3. The van der Waals surface area contributed by atoms with Crippen LogP contribution < -0.4 is 4.74 Å². The normalized spacial score (nSPS) is 11.2. The van der Waals surface area contributed by atoms with Crippen molar-refractivity contribution >= 4 is 34.0 Å². The number of hydrogen-bond donors (Lipinski definition) is 0. The minimum Gasteiger partial charge on any atom is -0.494 e. The lowest BCUT2D eigenvalue weighted by atomic mass is 10.3. The van der Waals surface area contributed by atoms with Crippen molar-refractivity contribution < 1.29 is 4.74 Å². The van der Waals surface area contributed by atoms with Crippen LogP contribution in [0, 0.1) is 6.92 Å². The Labute approximate surface area is 126 Å². The van der Waals surface area contributed by atoms with Crippen molar-refractivity contribution in [2.45, 2.75) is 19.3 Å². The first-order chi connectivity index (χ1) is 9.72. The summed E-state index contributed by atoms with van der Waals surface area (Å²) in [7, 11) is 1.65. The summed E-state index contributed by atoms with van der Waals surface area (Å²) in [5.74, 6) is 1.96. The molecule has 4 nitrogen and oxygen atoms in total. The van der Waals surface area contributed by atoms with Gasteiger partial charge in [0.1, 0.15) is 22.1 Å². The molecule has 2 heterocycles. The molecule has 0 aliphatic heterocycles. The van der Waals surface area contributed by atoms with Gasteiger partial charge in [-0.15, -0.1) is 22.9 Å². The summed E-state index contributed by atoms with van der Waals surface area (Å²) < 4.78 is 7.46. The third-order valence-electron chi connectivity index (χ3n) is 3.12. The van der Waals surface area contributed by atoms with Gasteiger partial charge < -0.3 is 9.30 Å². The number of rotatable bonds is 4. The molecule has 6 heteroatoms. The lowest BCUT2D eigenvalue weighted by Crippen LogP contribution is -2.03. The molecule has 0 bridgehead atoms. The first kappa shape index (κ1) is 13.4. The van der Waals surface area contributed by atoms with E-state index in [4.69, 9.17) is 16.3 Å². The zero-order valence-corrected chi connectivity index (χ0v) is 12.8. The molecule has 0 amide bonds. The molecule has 0 aliphatic carbocycles. The minimum atomic E-state index is 0.363. The zero-order chi connectivity index (χ0) is 14.1. The highest BCUT2D eigenvalue weighted by Crippen LogP contribution is 2.27. The van der Waals surface area contributed by atoms with Crippen LogP contribution in [-0.4, -0.2) is 21.6 Å². The number of imidazole rings is 1. The number of nitrogens with zero attached hydrogens (tertiary/aromatic N) is 3. The number of aromatic nitrogens is 3. The monoisotopic (exact) mass is 307 g/mol. The molecule has 20 heavy (non-hydrogen) atoms. The maximum Gasteiger partial charge on any atom is 0.146 e. The third kappa shape index (κ3) is 2.27. The van der Waals surface area contributed by atoms with E-state index >= 15 is 0 Å². The van der Waals surface area contributed by atoms with E-state index in [1.165, 1.54) is 4.88 Å². The number of thiazole rings is 1. The fourth-order valence-corrected chi connectivity index (χ4v) is 3.20. The molecule has 1 aromatic carbocycles. The number of fused-ring (bicyclic) bond motifs is 1. The lowest BCUT2D eigenvalue weighted by Gasteiger charge is -2.05. The average Bonchev–Trinajstić information content (AvgIpc) is 3.03. The number of alkyl halides is 1. The predicted molar refractivity (Wildman–Crippen MR) is 81.8 cm³/mol. The molecule has 0 atom stereocenters. The van der Waals surface area contributed by atoms with Crippen LogP contribution in [-0.2, 0) is 12.4 Å². The molecule has 0 aliphatic rings. The smallest absolute Gasteiger partial charge is 0.146 e. The average molecular weight is 308 g/mol. The first-order valence-corrected chi connectivity index (χ1v) is 7.57. The lowest BCUT2D eigenvalue weighted by molar-refractivity contribution is 0.419. The Morgan fingerprint density at radius 3 is 2.90 bits per heavy atom. The zero-order valence-electron chi connectivity index (χ0n) is 11.3. The van der Waals surface area contributed by atoms with Crippen LogP contribution in [0.4, 0.5) is 0 Å². The van der Waals surface area contributed by atoms with Crippen LogP contribution in [0.2, 0.25) is 0 Å². The van der Waals surface area contributed by atoms with E-state index in [2.05, 4.69) is 21.5 Å². The van der Waals surface area contributed by atoms with E-state index in [1.54, 1.807) is 18.4 Å². The van der Waals surface area contributed by atoms with Crippen LogP contribution in [0.5, 0.6) is 5.75 Å². The van der Waals surface area contributed by atoms with Crippen LogP contribution in [0.15, 0.2) is 24.4 Å². The molecule has 0 unspecified atom stereocenters. The summed E-state index contributed by atoms with van der Waals surface area (Å²) in [5, 5.41) is 1.05. The van der Waals surface area contributed by atoms with Crippen molar-refractivity contribution in [1.82, 2.24) is 14.5 Å². The van der Waals surface area contributed by atoms with Gasteiger partial charge in [-0.05, 0) is 19.1 Å². The van der Waals surface area contributed by atoms with Gasteiger partial charge in [0, 0.05) is 11.1 Å². The number of benzene rings is 1. The van der Waals surface area contributed by atoms with Crippen molar-refractivity contribution in [1.29, 1.82) is 0 Å². The number of methoxy groups -OCH3 is 1. The van der Waals surface area contributed by atoms with Gasteiger partial charge in [-0.3, -0.25) is 0 Å². The van der Waals surface area contributed by atoms with Gasteiger partial charge in [-0.2, -0.15) is 0 Å². The molecule has 0 fully saturated rings. The second-order valence-corrected chi connectivity index (χ2v) is 6.03. The van der Waals surface area contributed by atoms with Crippen LogP contribution in [0.3, 0.4) is 0 Å². The SMILES string of the molecule is COc1cccc2c1nc(CCl)n2Cc1ncc(C)s1. The van der Waals surface area contributed by atoms with Gasteiger partial charge in [0.05, 0.1) is 25.1 Å². The number of halogens is 1. The second-order valence-electron chi connectivity index (χ2n) is 4.44. The van der Waals surface area contributed by atoms with Crippen LogP contribution >= 0.6 is 22.9 Å². The fourth-order valence-electron chi connectivity index (χ4n) is 2.22. The molecule has 0 N–H and O–H groups in total. The van der Waals surface area contributed by atoms with Gasteiger partial charge in [0.2, 0.25) is 0 Å². The highest BCUT2D eigenvalue weighted by Gasteiger charge is 2.14. The molecule has 0 spiro atoms. The molecular weight excluding hydrogens is 294 g/mol. The Balaban J connectivity index is 2.13. The molecule has 0 radical (unpaired) electrons. The maximum atomic E-state index is 6.03. The minimum absolute atomic E-state index is 0.363. The van der Waals surface area contributed by atoms with Crippen molar-refractivity contribution in [3.8, 4) is 5.75 Å². The highest BCUT2D eigenvalue weighted by atomic mass is 35.5. The van der Waals surface area contributed by atoms with Gasteiger partial charge in [-0.25, -0.2) is 9.97 Å². The van der Waals surface area contributed by atoms with Crippen molar-refractivity contribution in [3.05, 3.63) is 40.1 Å². The van der Waals surface area contributed by atoms with Crippen LogP contribution in [0.1, 0.15) is 15.7 Å². The summed E-state index contributed by atoms with van der Waals surface area (Å²) in [6, 6.07) is 5.90. The molecule has 3 rings (SSSR count). The van der Waals surface area contributed by atoms with E-state index < -0.39 is 0 Å². The number of hydrogen-bond acceptors (Lipinski definition) is 4. The second kappa shape index (κ2) is 5.42. The summed E-state index contributed by atoms with van der Waals surface area (Å²) in [4.78, 5) is 10.2. The summed E-state index contributed by atoms with van der Waals surface area (Å²) in [6.45, 7) is 2.74. The molecule has 0 saturated carbocycles. The molecule has 0 saturated heterocycles. The number of aryl methyl sites for hydroxylation is 1. The Morgan fingerprint density at radius 1 is 1.40 bits per heavy atom. The molecule has 3 aromatic rings. The predicted octanol–water partition coefficient (Wildman–Crippen LogP) is 3.60. The summed E-state index contributed by atoms with van der Waals surface area (Å²) >= 11 is 7.72. The number of para-hydroxylation sites is 1. The topological polar surface area (TPSA) is 39.9 Å². The Kier molecular flexibility index (Phi) is 3.63. The number of ether oxygens (including phenoxy) is 1. The van der Waals surface area contributed by atoms with Crippen molar-refractivity contribution in [2.24, 2.45) is 0 Å². The van der Waals surface area contributed by atoms with E-state index in [9.17, 15) is 0 Å². The van der Waals surface area contributed by atoms with Gasteiger partial charge in [-0.1, -0.05) is 6.07 Å². The van der Waals surface area contributed by atoms with E-state index in [0.29, 0.717) is 12.4 Å². The highest BCUT2D eigenvalue weighted by molar-refractivity contribution is 7.11. The van der Waals surface area contributed by atoms with E-state index in [-0.39, 0.29) is 0 Å². The van der Waals surface area contributed by atoms with E-state index in [1.807, 2.05) is 24.4 Å². The first-order valence-electron chi connectivity index (χ1n) is 6.22. The Hall–Kier alpha value is -1.59. The van der Waals surface area contributed by atoms with Crippen molar-refractivity contribution in [2.75, 3.05) is 7.11 Å². The Bertz CT molecular complexity index is 750. The summed E-state index contributed by atoms with van der Waals surface area (Å²) in [6.07, 6.45) is 1.89. The van der Waals surface area contributed by atoms with Crippen LogP contribution in [0.25, 0.3) is 11.0 Å². The summed E-state index contributed by atoms with van der Waals surface area (Å²) in [5.41, 5.74) is 1.87. The Morgan fingerprint density at radius 2 is 2.25 bits per heavy atom. The maximum absolute atomic E-state index is 6.03. The van der Waals surface area contributed by atoms with E-state index in [0.717, 1.165) is 27.6 Å².